The Morgan fingerprint density at radius 2 is 2.07 bits per heavy atom. The summed E-state index contributed by atoms with van der Waals surface area (Å²) in [6, 6.07) is 5.17. The Balaban J connectivity index is 1.59. The zero-order valence-electron chi connectivity index (χ0n) is 17.5. The zero-order chi connectivity index (χ0) is 21.5. The first kappa shape index (κ1) is 22.0. The van der Waals surface area contributed by atoms with Gasteiger partial charge in [0.05, 0.1) is 32.2 Å². The lowest BCUT2D eigenvalue weighted by Gasteiger charge is -2.22. The standard InChI is InChI=1S/C21H28N4O4S/c1-25-12-14(20(26)23-11-18-22-9-10-30-18)7-8-15(13-25)24-21(27)16-5-4-6-17(28-2)19(16)29-3/h4-6,9-10,14-15H,7-8,11-13H2,1-3H3,(H,23,26)(H,24,27)/t14-,15+/m1/s1. The fourth-order valence-corrected chi connectivity index (χ4v) is 4.28. The Labute approximate surface area is 180 Å². The van der Waals surface area contributed by atoms with Crippen LogP contribution < -0.4 is 20.1 Å². The number of aromatic nitrogens is 1. The quantitative estimate of drug-likeness (QED) is 0.694. The minimum absolute atomic E-state index is 0.0264. The average Bonchev–Trinajstić information content (AvgIpc) is 3.20. The molecule has 0 saturated carbocycles. The maximum atomic E-state index is 12.9. The van der Waals surface area contributed by atoms with E-state index in [1.807, 2.05) is 12.4 Å². The van der Waals surface area contributed by atoms with Crippen molar-refractivity contribution in [3.63, 3.8) is 0 Å². The van der Waals surface area contributed by atoms with Crippen molar-refractivity contribution in [3.05, 3.63) is 40.3 Å². The molecule has 162 valence electrons. The summed E-state index contributed by atoms with van der Waals surface area (Å²) in [4.78, 5) is 31.8. The van der Waals surface area contributed by atoms with Crippen LogP contribution in [0.2, 0.25) is 0 Å². The van der Waals surface area contributed by atoms with Crippen molar-refractivity contribution < 1.29 is 19.1 Å². The Morgan fingerprint density at radius 1 is 1.23 bits per heavy atom. The molecular formula is C21H28N4O4S. The van der Waals surface area contributed by atoms with Gasteiger partial charge < -0.3 is 25.0 Å². The highest BCUT2D eigenvalue weighted by molar-refractivity contribution is 7.09. The minimum Gasteiger partial charge on any atom is -0.493 e. The third-order valence-electron chi connectivity index (χ3n) is 5.18. The molecule has 3 rings (SSSR count). The molecule has 1 aromatic heterocycles. The van der Waals surface area contributed by atoms with Gasteiger partial charge in [0, 0.05) is 30.7 Å². The molecule has 0 bridgehead atoms. The number of thiazole rings is 1. The first-order chi connectivity index (χ1) is 14.5. The van der Waals surface area contributed by atoms with E-state index in [9.17, 15) is 9.59 Å². The van der Waals surface area contributed by atoms with Gasteiger partial charge in [0.2, 0.25) is 5.91 Å². The van der Waals surface area contributed by atoms with Crippen LogP contribution in [-0.2, 0) is 11.3 Å². The van der Waals surface area contributed by atoms with Crippen molar-refractivity contribution in [1.29, 1.82) is 0 Å². The Morgan fingerprint density at radius 3 is 2.77 bits per heavy atom. The molecule has 2 heterocycles. The molecule has 9 heteroatoms. The van der Waals surface area contributed by atoms with Crippen LogP contribution in [0.25, 0.3) is 0 Å². The molecule has 1 saturated heterocycles. The van der Waals surface area contributed by atoms with Gasteiger partial charge in [0.15, 0.2) is 11.5 Å². The molecule has 2 amide bonds. The molecule has 0 aliphatic carbocycles. The fraction of sp³-hybridized carbons (Fsp3) is 0.476. The van der Waals surface area contributed by atoms with Crippen molar-refractivity contribution in [2.75, 3.05) is 34.4 Å². The molecule has 0 spiro atoms. The highest BCUT2D eigenvalue weighted by Gasteiger charge is 2.28. The topological polar surface area (TPSA) is 92.8 Å². The predicted molar refractivity (Wildman–Crippen MR) is 115 cm³/mol. The van der Waals surface area contributed by atoms with Crippen molar-refractivity contribution in [2.24, 2.45) is 5.92 Å². The van der Waals surface area contributed by atoms with Crippen molar-refractivity contribution in [1.82, 2.24) is 20.5 Å². The molecule has 1 fully saturated rings. The second kappa shape index (κ2) is 10.4. The molecule has 1 aliphatic rings. The largest absolute Gasteiger partial charge is 0.493 e. The van der Waals surface area contributed by atoms with E-state index >= 15 is 0 Å². The van der Waals surface area contributed by atoms with E-state index in [4.69, 9.17) is 9.47 Å². The van der Waals surface area contributed by atoms with E-state index in [1.54, 1.807) is 31.5 Å². The molecule has 30 heavy (non-hydrogen) atoms. The number of nitrogens with one attached hydrogen (secondary N) is 2. The summed E-state index contributed by atoms with van der Waals surface area (Å²) >= 11 is 1.52. The normalized spacial score (nSPS) is 19.6. The number of nitrogens with zero attached hydrogens (tertiary/aromatic N) is 2. The van der Waals surface area contributed by atoms with Crippen LogP contribution in [0.5, 0.6) is 11.5 Å². The predicted octanol–water partition coefficient (Wildman–Crippen LogP) is 1.92. The number of benzene rings is 1. The summed E-state index contributed by atoms with van der Waals surface area (Å²) < 4.78 is 10.7. The number of hydrogen-bond acceptors (Lipinski definition) is 7. The molecule has 0 radical (unpaired) electrons. The lowest BCUT2D eigenvalue weighted by molar-refractivity contribution is -0.125. The number of methoxy groups -OCH3 is 2. The van der Waals surface area contributed by atoms with E-state index in [0.717, 1.165) is 11.4 Å². The lowest BCUT2D eigenvalue weighted by atomic mass is 10.0. The van der Waals surface area contributed by atoms with Crippen LogP contribution in [0, 0.1) is 5.92 Å². The summed E-state index contributed by atoms with van der Waals surface area (Å²) in [5.74, 6) is 0.622. The van der Waals surface area contributed by atoms with Gasteiger partial charge in [0.1, 0.15) is 5.01 Å². The Bertz CT molecular complexity index is 859. The van der Waals surface area contributed by atoms with Crippen LogP contribution in [0.1, 0.15) is 28.2 Å². The van der Waals surface area contributed by atoms with E-state index in [-0.39, 0.29) is 23.8 Å². The van der Waals surface area contributed by atoms with Crippen molar-refractivity contribution >= 4 is 23.2 Å². The fourth-order valence-electron chi connectivity index (χ4n) is 3.72. The first-order valence-electron chi connectivity index (χ1n) is 9.88. The van der Waals surface area contributed by atoms with E-state index < -0.39 is 0 Å². The lowest BCUT2D eigenvalue weighted by Crippen LogP contribution is -2.42. The highest BCUT2D eigenvalue weighted by atomic mass is 32.1. The second-order valence-corrected chi connectivity index (χ2v) is 8.33. The van der Waals surface area contributed by atoms with Gasteiger partial charge in [-0.05, 0) is 32.0 Å². The average molecular weight is 433 g/mol. The molecule has 2 N–H and O–H groups in total. The monoisotopic (exact) mass is 432 g/mol. The maximum Gasteiger partial charge on any atom is 0.255 e. The molecule has 2 aromatic rings. The third-order valence-corrected chi connectivity index (χ3v) is 5.96. The van der Waals surface area contributed by atoms with Gasteiger partial charge in [0.25, 0.3) is 5.91 Å². The molecular weight excluding hydrogens is 404 g/mol. The summed E-state index contributed by atoms with van der Waals surface area (Å²) in [6.07, 6.45) is 3.15. The van der Waals surface area contributed by atoms with Crippen LogP contribution in [0.15, 0.2) is 29.8 Å². The number of rotatable bonds is 7. The van der Waals surface area contributed by atoms with Gasteiger partial charge in [-0.15, -0.1) is 11.3 Å². The molecule has 1 aliphatic heterocycles. The van der Waals surface area contributed by atoms with Crippen LogP contribution in [-0.4, -0.2) is 62.1 Å². The number of ether oxygens (including phenoxy) is 2. The molecule has 0 unspecified atom stereocenters. The molecule has 2 atom stereocenters. The zero-order valence-corrected chi connectivity index (χ0v) is 18.3. The molecule has 8 nitrogen and oxygen atoms in total. The highest BCUT2D eigenvalue weighted by Crippen LogP contribution is 2.30. The van der Waals surface area contributed by atoms with Crippen molar-refractivity contribution in [3.8, 4) is 11.5 Å². The van der Waals surface area contributed by atoms with Gasteiger partial charge in [-0.2, -0.15) is 0 Å². The third kappa shape index (κ3) is 5.48. The second-order valence-electron chi connectivity index (χ2n) is 7.35. The smallest absolute Gasteiger partial charge is 0.255 e. The van der Waals surface area contributed by atoms with Gasteiger partial charge in [-0.3, -0.25) is 9.59 Å². The Kier molecular flexibility index (Phi) is 7.64. The number of para-hydroxylation sites is 1. The van der Waals surface area contributed by atoms with Gasteiger partial charge in [-0.25, -0.2) is 4.98 Å². The van der Waals surface area contributed by atoms with E-state index in [1.165, 1.54) is 18.4 Å². The number of carbonyl (C=O) groups excluding carboxylic acids is 2. The van der Waals surface area contributed by atoms with Crippen molar-refractivity contribution in [2.45, 2.75) is 25.4 Å². The van der Waals surface area contributed by atoms with E-state index in [0.29, 0.717) is 43.1 Å². The number of carbonyl (C=O) groups is 2. The minimum atomic E-state index is -0.212. The van der Waals surface area contributed by atoms with Crippen LogP contribution >= 0.6 is 11.3 Å². The van der Waals surface area contributed by atoms with Gasteiger partial charge in [-0.1, -0.05) is 6.07 Å². The summed E-state index contributed by atoms with van der Waals surface area (Å²) in [5, 5.41) is 8.85. The number of likely N-dealkylation sites (tertiary alicyclic amines) is 1. The first-order valence-corrected chi connectivity index (χ1v) is 10.8. The Hall–Kier alpha value is -2.65. The summed E-state index contributed by atoms with van der Waals surface area (Å²) in [6.45, 7) is 1.78. The number of hydrogen-bond donors (Lipinski definition) is 2. The molecule has 1 aromatic carbocycles. The van der Waals surface area contributed by atoms with E-state index in [2.05, 4.69) is 20.5 Å². The summed E-state index contributed by atoms with van der Waals surface area (Å²) in [7, 11) is 5.03. The summed E-state index contributed by atoms with van der Waals surface area (Å²) in [5.41, 5.74) is 0.432. The SMILES string of the molecule is COc1cccc(C(=O)N[C@H]2CC[C@@H](C(=O)NCc3nccs3)CN(C)C2)c1OC. The number of likely N-dealkylation sites (N-methyl/N-ethyl adjacent to an activating group) is 1. The van der Waals surface area contributed by atoms with Gasteiger partial charge >= 0.3 is 0 Å². The number of amides is 2. The van der Waals surface area contributed by atoms with Crippen LogP contribution in [0.3, 0.4) is 0 Å². The maximum absolute atomic E-state index is 12.9. The van der Waals surface area contributed by atoms with Crippen LogP contribution in [0.4, 0.5) is 0 Å².